The number of ether oxygens (including phenoxy) is 3. The molecule has 2 atom stereocenters. The van der Waals surface area contributed by atoms with Crippen molar-refractivity contribution in [2.24, 2.45) is 13.0 Å². The van der Waals surface area contributed by atoms with Gasteiger partial charge in [0.1, 0.15) is 11.6 Å². The van der Waals surface area contributed by atoms with Crippen molar-refractivity contribution in [2.75, 3.05) is 20.8 Å². The highest BCUT2D eigenvalue weighted by molar-refractivity contribution is 5.71. The molecule has 4 rings (SSSR count). The lowest BCUT2D eigenvalue weighted by Crippen LogP contribution is -2.19. The summed E-state index contributed by atoms with van der Waals surface area (Å²) in [6.45, 7) is 2.28. The molecule has 3 aromatic heterocycles. The summed E-state index contributed by atoms with van der Waals surface area (Å²) in [6, 6.07) is 5.35. The molecule has 0 spiro atoms. The fourth-order valence-electron chi connectivity index (χ4n) is 3.32. The van der Waals surface area contributed by atoms with E-state index < -0.39 is 0 Å². The molecule has 2 unspecified atom stereocenters. The molecule has 1 saturated carbocycles. The van der Waals surface area contributed by atoms with E-state index in [0.717, 1.165) is 17.9 Å². The summed E-state index contributed by atoms with van der Waals surface area (Å²) in [6.07, 6.45) is 4.36. The number of hydrogen-bond donors (Lipinski definition) is 0. The van der Waals surface area contributed by atoms with E-state index in [1.54, 1.807) is 33.5 Å². The van der Waals surface area contributed by atoms with Crippen LogP contribution in [0, 0.1) is 12.8 Å². The van der Waals surface area contributed by atoms with Crippen LogP contribution in [0.5, 0.6) is 17.5 Å². The number of methoxy groups -OCH3 is 2. The molecule has 1 aliphatic carbocycles. The van der Waals surface area contributed by atoms with Crippen LogP contribution in [-0.4, -0.2) is 45.6 Å². The minimum Gasteiger partial charge on any atom is -0.495 e. The Morgan fingerprint density at radius 1 is 1.10 bits per heavy atom. The van der Waals surface area contributed by atoms with E-state index in [9.17, 15) is 4.79 Å². The van der Waals surface area contributed by atoms with Crippen LogP contribution in [0.4, 0.5) is 0 Å². The third-order valence-electron chi connectivity index (χ3n) is 5.15. The van der Waals surface area contributed by atoms with Gasteiger partial charge in [0.2, 0.25) is 11.8 Å². The van der Waals surface area contributed by atoms with E-state index in [0.29, 0.717) is 47.2 Å². The maximum atomic E-state index is 12.1. The van der Waals surface area contributed by atoms with Gasteiger partial charge in [0, 0.05) is 36.8 Å². The van der Waals surface area contributed by atoms with E-state index in [4.69, 9.17) is 14.2 Å². The minimum absolute atomic E-state index is 0.259. The van der Waals surface area contributed by atoms with Crippen LogP contribution in [0.2, 0.25) is 0 Å². The molecule has 3 aromatic rings. The summed E-state index contributed by atoms with van der Waals surface area (Å²) in [4.78, 5) is 25.3. The van der Waals surface area contributed by atoms with Gasteiger partial charge in [-0.25, -0.2) is 9.67 Å². The molecule has 9 heteroatoms. The van der Waals surface area contributed by atoms with Gasteiger partial charge < -0.3 is 14.2 Å². The largest absolute Gasteiger partial charge is 0.495 e. The lowest BCUT2D eigenvalue weighted by molar-refractivity contribution is 0.285. The molecule has 1 fully saturated rings. The second-order valence-corrected chi connectivity index (χ2v) is 7.20. The van der Waals surface area contributed by atoms with Crippen molar-refractivity contribution in [3.63, 3.8) is 0 Å². The maximum Gasteiger partial charge on any atom is 0.267 e. The molecule has 0 aromatic carbocycles. The molecule has 1 aliphatic rings. The highest BCUT2D eigenvalue weighted by atomic mass is 16.5. The molecule has 0 bridgehead atoms. The van der Waals surface area contributed by atoms with Gasteiger partial charge in [0.15, 0.2) is 0 Å². The monoisotopic (exact) mass is 409 g/mol. The van der Waals surface area contributed by atoms with Gasteiger partial charge in [0.25, 0.3) is 5.56 Å². The van der Waals surface area contributed by atoms with Gasteiger partial charge in [-0.2, -0.15) is 4.98 Å². The van der Waals surface area contributed by atoms with Crippen LogP contribution in [-0.2, 0) is 7.05 Å². The van der Waals surface area contributed by atoms with Gasteiger partial charge >= 0.3 is 0 Å². The fourth-order valence-corrected chi connectivity index (χ4v) is 3.32. The average Bonchev–Trinajstić information content (AvgIpc) is 3.54. The Bertz CT molecular complexity index is 1110. The number of pyridine rings is 1. The summed E-state index contributed by atoms with van der Waals surface area (Å²) in [5.41, 5.74) is 1.84. The smallest absolute Gasteiger partial charge is 0.267 e. The Morgan fingerprint density at radius 3 is 2.63 bits per heavy atom. The molecule has 0 radical (unpaired) electrons. The standard InChI is InChI=1S/C21H23N5O4/c1-12-22-10-17(16-8-19(27)26(2)25-21(16)29-4)20(24-12)30-11-13-7-15(13)18-6-5-14(28-3)9-23-18/h5-6,8-10,13,15H,7,11H2,1-4H3. The molecule has 0 aliphatic heterocycles. The molecule has 0 saturated heterocycles. The van der Waals surface area contributed by atoms with Crippen molar-refractivity contribution < 1.29 is 14.2 Å². The second-order valence-electron chi connectivity index (χ2n) is 7.20. The SMILES string of the molecule is COc1ccc(C2CC2COc2nc(C)ncc2-c2cc(=O)n(C)nc2OC)nc1. The first kappa shape index (κ1) is 19.8. The number of aromatic nitrogens is 5. The Morgan fingerprint density at radius 2 is 1.93 bits per heavy atom. The quantitative estimate of drug-likeness (QED) is 0.585. The molecular formula is C21H23N5O4. The molecular weight excluding hydrogens is 386 g/mol. The number of nitrogens with zero attached hydrogens (tertiary/aromatic N) is 5. The van der Waals surface area contributed by atoms with Gasteiger partial charge in [-0.15, -0.1) is 5.10 Å². The zero-order valence-corrected chi connectivity index (χ0v) is 17.3. The zero-order valence-electron chi connectivity index (χ0n) is 17.3. The average molecular weight is 409 g/mol. The third kappa shape index (κ3) is 3.96. The number of hydrogen-bond acceptors (Lipinski definition) is 8. The Kier molecular flexibility index (Phi) is 5.35. The summed E-state index contributed by atoms with van der Waals surface area (Å²) in [7, 11) is 4.69. The van der Waals surface area contributed by atoms with Crippen LogP contribution in [0.25, 0.3) is 11.1 Å². The first-order valence-corrected chi connectivity index (χ1v) is 9.59. The third-order valence-corrected chi connectivity index (χ3v) is 5.15. The molecule has 9 nitrogen and oxygen atoms in total. The summed E-state index contributed by atoms with van der Waals surface area (Å²) < 4.78 is 17.8. The van der Waals surface area contributed by atoms with Crippen molar-refractivity contribution in [2.45, 2.75) is 19.3 Å². The molecule has 3 heterocycles. The lowest BCUT2D eigenvalue weighted by atomic mass is 10.1. The highest BCUT2D eigenvalue weighted by Crippen LogP contribution is 2.47. The predicted octanol–water partition coefficient (Wildman–Crippen LogP) is 2.14. The Balaban J connectivity index is 1.54. The zero-order chi connectivity index (χ0) is 21.3. The molecule has 156 valence electrons. The van der Waals surface area contributed by atoms with E-state index in [-0.39, 0.29) is 5.56 Å². The van der Waals surface area contributed by atoms with Gasteiger partial charge in [0.05, 0.1) is 38.2 Å². The lowest BCUT2D eigenvalue weighted by Gasteiger charge is -2.13. The van der Waals surface area contributed by atoms with Gasteiger partial charge in [-0.3, -0.25) is 9.78 Å². The predicted molar refractivity (Wildman–Crippen MR) is 109 cm³/mol. The van der Waals surface area contributed by atoms with Crippen molar-refractivity contribution >= 4 is 0 Å². The van der Waals surface area contributed by atoms with Crippen molar-refractivity contribution in [1.82, 2.24) is 24.7 Å². The maximum absolute atomic E-state index is 12.1. The first-order chi connectivity index (χ1) is 14.5. The summed E-state index contributed by atoms with van der Waals surface area (Å²) in [5.74, 6) is 2.73. The topological polar surface area (TPSA) is 101 Å². The second kappa shape index (κ2) is 8.10. The number of rotatable bonds is 7. The van der Waals surface area contributed by atoms with Crippen LogP contribution < -0.4 is 19.8 Å². The van der Waals surface area contributed by atoms with E-state index in [1.807, 2.05) is 12.1 Å². The van der Waals surface area contributed by atoms with Crippen LogP contribution >= 0.6 is 0 Å². The van der Waals surface area contributed by atoms with Crippen molar-refractivity contribution in [3.05, 3.63) is 52.5 Å². The van der Waals surface area contributed by atoms with Crippen molar-refractivity contribution in [3.8, 4) is 28.6 Å². The first-order valence-electron chi connectivity index (χ1n) is 9.59. The van der Waals surface area contributed by atoms with Crippen molar-refractivity contribution in [1.29, 1.82) is 0 Å². The summed E-state index contributed by atoms with van der Waals surface area (Å²) in [5, 5.41) is 4.16. The van der Waals surface area contributed by atoms with Gasteiger partial charge in [-0.1, -0.05) is 0 Å². The summed E-state index contributed by atoms with van der Waals surface area (Å²) >= 11 is 0. The van der Waals surface area contributed by atoms with E-state index in [1.165, 1.54) is 17.9 Å². The molecule has 30 heavy (non-hydrogen) atoms. The fraction of sp³-hybridized carbons (Fsp3) is 0.381. The Labute approximate surface area is 173 Å². The molecule has 0 amide bonds. The van der Waals surface area contributed by atoms with Crippen LogP contribution in [0.1, 0.15) is 23.9 Å². The van der Waals surface area contributed by atoms with Gasteiger partial charge in [-0.05, 0) is 25.5 Å². The van der Waals surface area contributed by atoms with E-state index in [2.05, 4.69) is 20.1 Å². The normalized spacial score (nSPS) is 17.5. The number of aryl methyl sites for hydroxylation is 2. The molecule has 0 N–H and O–H groups in total. The van der Waals surface area contributed by atoms with E-state index >= 15 is 0 Å². The van der Waals surface area contributed by atoms with Crippen LogP contribution in [0.3, 0.4) is 0 Å². The minimum atomic E-state index is -0.259. The highest BCUT2D eigenvalue weighted by Gasteiger charge is 2.40. The van der Waals surface area contributed by atoms with Crippen LogP contribution in [0.15, 0.2) is 35.4 Å². The Hall–Kier alpha value is -3.49.